The van der Waals surface area contributed by atoms with Crippen LogP contribution in [-0.2, 0) is 13.0 Å². The van der Waals surface area contributed by atoms with Crippen molar-refractivity contribution in [2.24, 2.45) is 0 Å². The molecule has 0 aliphatic carbocycles. The highest BCUT2D eigenvalue weighted by atomic mass is 35.5. The molecular formula is C35H36ClN3S. The second-order valence-corrected chi connectivity index (χ2v) is 12.3. The van der Waals surface area contributed by atoms with Crippen LogP contribution >= 0.6 is 23.8 Å². The lowest BCUT2D eigenvalue weighted by Crippen LogP contribution is -2.17. The average Bonchev–Trinajstić information content (AvgIpc) is 3.36. The van der Waals surface area contributed by atoms with E-state index < -0.39 is 0 Å². The van der Waals surface area contributed by atoms with Gasteiger partial charge in [-0.05, 0) is 65.5 Å². The number of imidazole rings is 1. The second-order valence-electron chi connectivity index (χ2n) is 11.5. The Hall–Kier alpha value is -3.34. The Morgan fingerprint density at radius 1 is 0.825 bits per heavy atom. The fraction of sp³-hybridized carbons (Fsp3) is 0.286. The molecule has 0 fully saturated rings. The molecule has 0 radical (unpaired) electrons. The van der Waals surface area contributed by atoms with Crippen molar-refractivity contribution in [3.63, 3.8) is 0 Å². The van der Waals surface area contributed by atoms with E-state index in [1.165, 1.54) is 44.7 Å². The Labute approximate surface area is 247 Å². The third-order valence-electron chi connectivity index (χ3n) is 8.16. The topological polar surface area (TPSA) is 21.4 Å². The van der Waals surface area contributed by atoms with Gasteiger partial charge in [0.2, 0.25) is 0 Å². The molecule has 5 aromatic rings. The molecule has 0 saturated carbocycles. The molecule has 3 aromatic carbocycles. The number of benzene rings is 3. The molecule has 6 rings (SSSR count). The van der Waals surface area contributed by atoms with Crippen LogP contribution in [0.1, 0.15) is 74.8 Å². The number of hydrogen-bond acceptors (Lipinski definition) is 1. The van der Waals surface area contributed by atoms with E-state index >= 15 is 0 Å². The van der Waals surface area contributed by atoms with Gasteiger partial charge in [-0.2, -0.15) is 0 Å². The summed E-state index contributed by atoms with van der Waals surface area (Å²) in [6.45, 7) is 9.98. The zero-order valence-corrected chi connectivity index (χ0v) is 25.2. The molecule has 0 saturated heterocycles. The van der Waals surface area contributed by atoms with E-state index in [1.807, 2.05) is 12.1 Å². The molecule has 204 valence electrons. The van der Waals surface area contributed by atoms with Gasteiger partial charge >= 0.3 is 0 Å². The Bertz CT molecular complexity index is 1660. The standard InChI is InChI=1S/C35H36ClN3S/c1-22(2)27-14-10-15-28(23(3)4)32(27)37-34(40)33-31(25-11-6-5-7-12-25)29-13-8-9-20-38-30(21-39(33)35(29)38)24-16-18-26(36)19-17-24/h5-7,10-12,14-19,21-23H,8-9,13,20H2,1-4H3,(H,37,40). The van der Waals surface area contributed by atoms with Gasteiger partial charge in [-0.1, -0.05) is 112 Å². The quantitative estimate of drug-likeness (QED) is 0.207. The van der Waals surface area contributed by atoms with Gasteiger partial charge in [-0.3, -0.25) is 4.40 Å². The Kier molecular flexibility index (Phi) is 7.33. The van der Waals surface area contributed by atoms with Crippen molar-refractivity contribution in [3.8, 4) is 22.4 Å². The molecule has 5 heteroatoms. The van der Waals surface area contributed by atoms with E-state index in [9.17, 15) is 0 Å². The van der Waals surface area contributed by atoms with Crippen molar-refractivity contribution >= 4 is 40.1 Å². The smallest absolute Gasteiger partial charge is 0.128 e. The predicted molar refractivity (Wildman–Crippen MR) is 174 cm³/mol. The summed E-state index contributed by atoms with van der Waals surface area (Å²) in [5.41, 5.74) is 12.3. The first-order valence-corrected chi connectivity index (χ1v) is 15.2. The van der Waals surface area contributed by atoms with Gasteiger partial charge in [0.25, 0.3) is 0 Å². The summed E-state index contributed by atoms with van der Waals surface area (Å²) in [6.07, 6.45) is 5.60. The zero-order chi connectivity index (χ0) is 28.0. The first-order valence-electron chi connectivity index (χ1n) is 14.4. The number of aryl methyl sites for hydroxylation is 2. The summed E-state index contributed by atoms with van der Waals surface area (Å²) in [5.74, 6) is 0.757. The highest BCUT2D eigenvalue weighted by Gasteiger charge is 2.29. The summed E-state index contributed by atoms with van der Waals surface area (Å²) >= 11 is 12.6. The number of nitrogens with one attached hydrogen (secondary N) is 1. The SMILES string of the molecule is CC(C)c1cccc(C(C)C)c1NC(=S)c1c(-c2ccccc2)c2c3n(c(-c4ccc(Cl)cc4)cn13)CCCC2. The number of thiocarbonyl (C=S) groups is 1. The maximum absolute atomic E-state index is 6.35. The first-order chi connectivity index (χ1) is 19.3. The lowest BCUT2D eigenvalue weighted by molar-refractivity contribution is 0.647. The normalized spacial score (nSPS) is 13.3. The van der Waals surface area contributed by atoms with Gasteiger partial charge in [0, 0.05) is 34.6 Å². The second kappa shape index (κ2) is 10.9. The molecular weight excluding hydrogens is 530 g/mol. The molecule has 0 bridgehead atoms. The Morgan fingerprint density at radius 2 is 1.50 bits per heavy atom. The third kappa shape index (κ3) is 4.67. The fourth-order valence-electron chi connectivity index (χ4n) is 6.24. The highest BCUT2D eigenvalue weighted by Crippen LogP contribution is 2.41. The lowest BCUT2D eigenvalue weighted by Gasteiger charge is -2.22. The van der Waals surface area contributed by atoms with Crippen molar-refractivity contribution in [2.75, 3.05) is 5.32 Å². The summed E-state index contributed by atoms with van der Waals surface area (Å²) < 4.78 is 4.85. The minimum atomic E-state index is 0.378. The van der Waals surface area contributed by atoms with E-state index in [-0.39, 0.29) is 0 Å². The van der Waals surface area contributed by atoms with Crippen LogP contribution in [0.4, 0.5) is 5.69 Å². The Balaban J connectivity index is 1.60. The zero-order valence-electron chi connectivity index (χ0n) is 23.7. The number of nitrogens with zero attached hydrogens (tertiary/aromatic N) is 2. The van der Waals surface area contributed by atoms with Crippen LogP contribution in [0.5, 0.6) is 0 Å². The van der Waals surface area contributed by atoms with Crippen LogP contribution in [0.3, 0.4) is 0 Å². The summed E-state index contributed by atoms with van der Waals surface area (Å²) in [7, 11) is 0. The monoisotopic (exact) mass is 565 g/mol. The molecule has 3 nitrogen and oxygen atoms in total. The summed E-state index contributed by atoms with van der Waals surface area (Å²) in [5, 5.41) is 4.54. The lowest BCUT2D eigenvalue weighted by atomic mass is 9.92. The number of aromatic nitrogens is 2. The van der Waals surface area contributed by atoms with Gasteiger partial charge in [0.1, 0.15) is 10.6 Å². The van der Waals surface area contributed by atoms with Crippen LogP contribution in [0.2, 0.25) is 5.02 Å². The minimum absolute atomic E-state index is 0.378. The number of anilines is 1. The molecule has 40 heavy (non-hydrogen) atoms. The molecule has 1 aliphatic heterocycles. The van der Waals surface area contributed by atoms with Gasteiger partial charge in [0.15, 0.2) is 0 Å². The molecule has 3 heterocycles. The molecule has 0 atom stereocenters. The van der Waals surface area contributed by atoms with Crippen molar-refractivity contribution in [3.05, 3.63) is 106 Å². The number of rotatable bonds is 6. The fourth-order valence-corrected chi connectivity index (χ4v) is 6.67. The first kappa shape index (κ1) is 26.9. The molecule has 1 aliphatic rings. The number of para-hydroxylation sites is 1. The van der Waals surface area contributed by atoms with Gasteiger partial charge < -0.3 is 9.88 Å². The van der Waals surface area contributed by atoms with Crippen molar-refractivity contribution < 1.29 is 0 Å². The highest BCUT2D eigenvalue weighted by molar-refractivity contribution is 7.81. The van der Waals surface area contributed by atoms with Crippen molar-refractivity contribution in [2.45, 2.75) is 65.3 Å². The summed E-state index contributed by atoms with van der Waals surface area (Å²) in [4.78, 5) is 0.760. The largest absolute Gasteiger partial charge is 0.344 e. The van der Waals surface area contributed by atoms with Crippen LogP contribution in [0.25, 0.3) is 28.0 Å². The van der Waals surface area contributed by atoms with Crippen LogP contribution in [-0.4, -0.2) is 14.0 Å². The van der Waals surface area contributed by atoms with Gasteiger partial charge in [0.05, 0.1) is 11.4 Å². The van der Waals surface area contributed by atoms with E-state index in [0.29, 0.717) is 11.8 Å². The van der Waals surface area contributed by atoms with Gasteiger partial charge in [-0.15, -0.1) is 0 Å². The summed E-state index contributed by atoms with van der Waals surface area (Å²) in [6, 6.07) is 25.6. The van der Waals surface area contributed by atoms with E-state index in [0.717, 1.165) is 47.2 Å². The van der Waals surface area contributed by atoms with Crippen LogP contribution in [0, 0.1) is 0 Å². The van der Waals surface area contributed by atoms with Crippen molar-refractivity contribution in [1.29, 1.82) is 0 Å². The van der Waals surface area contributed by atoms with E-state index in [4.69, 9.17) is 23.8 Å². The average molecular weight is 566 g/mol. The molecule has 0 spiro atoms. The maximum atomic E-state index is 6.35. The predicted octanol–water partition coefficient (Wildman–Crippen LogP) is 10.1. The van der Waals surface area contributed by atoms with E-state index in [2.05, 4.69) is 109 Å². The number of hydrogen-bond donors (Lipinski definition) is 1. The Morgan fingerprint density at radius 3 is 2.15 bits per heavy atom. The van der Waals surface area contributed by atoms with E-state index in [1.54, 1.807) is 0 Å². The van der Waals surface area contributed by atoms with Crippen molar-refractivity contribution in [1.82, 2.24) is 8.97 Å². The molecule has 0 amide bonds. The van der Waals surface area contributed by atoms with Gasteiger partial charge in [-0.25, -0.2) is 0 Å². The van der Waals surface area contributed by atoms with Crippen LogP contribution in [0.15, 0.2) is 79.0 Å². The number of halogens is 1. The molecule has 1 N–H and O–H groups in total. The third-order valence-corrected chi connectivity index (χ3v) is 8.71. The van der Waals surface area contributed by atoms with Crippen LogP contribution < -0.4 is 5.32 Å². The minimum Gasteiger partial charge on any atom is -0.344 e. The molecule has 2 aromatic heterocycles. The maximum Gasteiger partial charge on any atom is 0.128 e. The molecule has 0 unspecified atom stereocenters.